The maximum absolute atomic E-state index is 14.0. The highest BCUT2D eigenvalue weighted by atomic mass is 32.2. The maximum atomic E-state index is 14.0. The Morgan fingerprint density at radius 1 is 1.05 bits per heavy atom. The van der Waals surface area contributed by atoms with E-state index in [0.29, 0.717) is 31.0 Å². The third-order valence-corrected chi connectivity index (χ3v) is 8.58. The maximum Gasteiger partial charge on any atom is 0.256 e. The number of rotatable bonds is 5. The number of sulfonamides is 1. The summed E-state index contributed by atoms with van der Waals surface area (Å²) in [6.45, 7) is 5.51. The van der Waals surface area contributed by atoms with Crippen LogP contribution in [0.3, 0.4) is 0 Å². The summed E-state index contributed by atoms with van der Waals surface area (Å²) in [4.78, 5) is 23.3. The lowest BCUT2D eigenvalue weighted by Gasteiger charge is -2.35. The molecule has 2 aliphatic heterocycles. The first-order chi connectivity index (χ1) is 18.8. The Hall–Kier alpha value is -3.18. The molecule has 208 valence electrons. The number of amides is 1. The molecule has 2 aromatic heterocycles. The highest BCUT2D eigenvalue weighted by Gasteiger charge is 2.33. The summed E-state index contributed by atoms with van der Waals surface area (Å²) in [5.41, 5.74) is 5.66. The van der Waals surface area contributed by atoms with E-state index < -0.39 is 10.0 Å². The molecule has 0 radical (unpaired) electrons. The van der Waals surface area contributed by atoms with E-state index in [1.54, 1.807) is 18.2 Å². The molecule has 4 heterocycles. The standard InChI is InChI=1S/C28H36N6O4S/c1-19-10-11-23(31-39(2,36)37)21(17-19)28(35)33-12-6-5-9-25(33)24-18-26-29-22-8-4-3-7-20(22)27(34(26)30-24)32-13-15-38-16-14-32/h10-11,17-18,25,31H,3-9,12-16H2,1-2H3. The minimum absolute atomic E-state index is 0.188. The lowest BCUT2D eigenvalue weighted by atomic mass is 9.96. The first-order valence-electron chi connectivity index (χ1n) is 13.9. The molecule has 1 aliphatic carbocycles. The van der Waals surface area contributed by atoms with Gasteiger partial charge in [0.1, 0.15) is 5.82 Å². The Labute approximate surface area is 229 Å². The van der Waals surface area contributed by atoms with E-state index in [-0.39, 0.29) is 11.9 Å². The number of benzene rings is 1. The number of piperidine rings is 1. The predicted molar refractivity (Wildman–Crippen MR) is 150 cm³/mol. The largest absolute Gasteiger partial charge is 0.378 e. The normalized spacial score (nSPS) is 20.2. The van der Waals surface area contributed by atoms with Gasteiger partial charge < -0.3 is 14.5 Å². The minimum atomic E-state index is -3.54. The van der Waals surface area contributed by atoms with Gasteiger partial charge in [0, 0.05) is 37.0 Å². The summed E-state index contributed by atoms with van der Waals surface area (Å²) in [6.07, 6.45) is 8.04. The summed E-state index contributed by atoms with van der Waals surface area (Å²) >= 11 is 0. The molecule has 11 heteroatoms. The average molecular weight is 553 g/mol. The predicted octanol–water partition coefficient (Wildman–Crippen LogP) is 3.49. The number of hydrogen-bond donors (Lipinski definition) is 1. The second kappa shape index (κ2) is 10.4. The quantitative estimate of drug-likeness (QED) is 0.516. The van der Waals surface area contributed by atoms with Gasteiger partial charge in [-0.05, 0) is 64.0 Å². The zero-order chi connectivity index (χ0) is 27.1. The number of hydrogen-bond acceptors (Lipinski definition) is 7. The van der Waals surface area contributed by atoms with Crippen molar-refractivity contribution < 1.29 is 17.9 Å². The summed E-state index contributed by atoms with van der Waals surface area (Å²) in [5, 5.41) is 5.11. The third kappa shape index (κ3) is 5.21. The van der Waals surface area contributed by atoms with E-state index in [1.807, 2.05) is 22.4 Å². The Bertz CT molecular complexity index is 1510. The topological polar surface area (TPSA) is 109 Å². The summed E-state index contributed by atoms with van der Waals surface area (Å²) < 4.78 is 34.2. The molecule has 1 amide bonds. The monoisotopic (exact) mass is 552 g/mol. The van der Waals surface area contributed by atoms with E-state index >= 15 is 0 Å². The zero-order valence-electron chi connectivity index (χ0n) is 22.6. The number of fused-ring (bicyclic) bond motifs is 2. The number of likely N-dealkylation sites (tertiary alicyclic amines) is 1. The molecule has 1 atom stereocenters. The number of carbonyl (C=O) groups is 1. The molecule has 1 aromatic carbocycles. The molecule has 0 spiro atoms. The van der Waals surface area contributed by atoms with Crippen LogP contribution in [0.25, 0.3) is 5.65 Å². The lowest BCUT2D eigenvalue weighted by molar-refractivity contribution is 0.0606. The van der Waals surface area contributed by atoms with Gasteiger partial charge in [-0.3, -0.25) is 9.52 Å². The van der Waals surface area contributed by atoms with Crippen molar-refractivity contribution in [1.82, 2.24) is 19.5 Å². The van der Waals surface area contributed by atoms with Gasteiger partial charge in [0.25, 0.3) is 5.91 Å². The lowest BCUT2D eigenvalue weighted by Crippen LogP contribution is -2.39. The number of carbonyl (C=O) groups excluding carboxylic acids is 1. The minimum Gasteiger partial charge on any atom is -0.378 e. The van der Waals surface area contributed by atoms with Crippen LogP contribution in [-0.2, 0) is 27.6 Å². The van der Waals surface area contributed by atoms with Crippen molar-refractivity contribution in [2.45, 2.75) is 57.9 Å². The zero-order valence-corrected chi connectivity index (χ0v) is 23.5. The van der Waals surface area contributed by atoms with Crippen LogP contribution in [0.5, 0.6) is 0 Å². The number of ether oxygens (including phenoxy) is 1. The van der Waals surface area contributed by atoms with E-state index in [4.69, 9.17) is 14.8 Å². The molecule has 0 bridgehead atoms. The van der Waals surface area contributed by atoms with Gasteiger partial charge in [0.05, 0.1) is 42.5 Å². The van der Waals surface area contributed by atoms with Crippen molar-refractivity contribution in [1.29, 1.82) is 0 Å². The van der Waals surface area contributed by atoms with E-state index in [0.717, 1.165) is 92.7 Å². The first kappa shape index (κ1) is 26.1. The van der Waals surface area contributed by atoms with E-state index in [9.17, 15) is 13.2 Å². The SMILES string of the molecule is Cc1ccc(NS(C)(=O)=O)c(C(=O)N2CCCCC2c2cc3nc4c(c(N5CCOCC5)n3n2)CCCC4)c1. The van der Waals surface area contributed by atoms with Gasteiger partial charge in [0.2, 0.25) is 10.0 Å². The van der Waals surface area contributed by atoms with Gasteiger partial charge in [-0.2, -0.15) is 9.61 Å². The van der Waals surface area contributed by atoms with Crippen LogP contribution in [0.1, 0.15) is 71.0 Å². The smallest absolute Gasteiger partial charge is 0.256 e. The van der Waals surface area contributed by atoms with E-state index in [2.05, 4.69) is 9.62 Å². The van der Waals surface area contributed by atoms with Crippen LogP contribution in [-0.4, -0.2) is 72.9 Å². The fourth-order valence-electron chi connectivity index (χ4n) is 6.17. The van der Waals surface area contributed by atoms with Crippen molar-refractivity contribution in [2.24, 2.45) is 0 Å². The molecule has 1 unspecified atom stereocenters. The number of aromatic nitrogens is 3. The summed E-state index contributed by atoms with van der Waals surface area (Å²) in [7, 11) is -3.54. The first-order valence-corrected chi connectivity index (χ1v) is 15.8. The molecule has 2 fully saturated rings. The van der Waals surface area contributed by atoms with E-state index in [1.165, 1.54) is 5.56 Å². The van der Waals surface area contributed by atoms with Gasteiger partial charge >= 0.3 is 0 Å². The van der Waals surface area contributed by atoms with Gasteiger partial charge in [-0.15, -0.1) is 0 Å². The molecule has 1 N–H and O–H groups in total. The number of morpholine rings is 1. The van der Waals surface area contributed by atoms with Crippen molar-refractivity contribution in [3.8, 4) is 0 Å². The highest BCUT2D eigenvalue weighted by molar-refractivity contribution is 7.92. The van der Waals surface area contributed by atoms with Crippen LogP contribution in [0.4, 0.5) is 11.5 Å². The number of nitrogens with zero attached hydrogens (tertiary/aromatic N) is 5. The highest BCUT2D eigenvalue weighted by Crippen LogP contribution is 2.36. The van der Waals surface area contributed by atoms with Gasteiger partial charge in [-0.25, -0.2) is 13.4 Å². The van der Waals surface area contributed by atoms with Crippen molar-refractivity contribution in [2.75, 3.05) is 48.7 Å². The molecular weight excluding hydrogens is 516 g/mol. The van der Waals surface area contributed by atoms with Crippen LogP contribution < -0.4 is 9.62 Å². The Kier molecular flexibility index (Phi) is 6.96. The van der Waals surface area contributed by atoms with Crippen molar-refractivity contribution in [3.63, 3.8) is 0 Å². The number of anilines is 2. The van der Waals surface area contributed by atoms with Gasteiger partial charge in [-0.1, -0.05) is 11.6 Å². The number of nitrogens with one attached hydrogen (secondary N) is 1. The molecule has 6 rings (SSSR count). The molecule has 3 aliphatic rings. The molecule has 3 aromatic rings. The third-order valence-electron chi connectivity index (χ3n) is 7.98. The Morgan fingerprint density at radius 3 is 2.64 bits per heavy atom. The number of aryl methyl sites for hydroxylation is 2. The second-order valence-electron chi connectivity index (χ2n) is 10.9. The van der Waals surface area contributed by atoms with Crippen molar-refractivity contribution in [3.05, 3.63) is 52.3 Å². The average Bonchev–Trinajstić information content (AvgIpc) is 3.35. The Morgan fingerprint density at radius 2 is 1.85 bits per heavy atom. The van der Waals surface area contributed by atoms with Crippen molar-refractivity contribution >= 4 is 33.1 Å². The molecule has 2 saturated heterocycles. The molecule has 10 nitrogen and oxygen atoms in total. The molecule has 0 saturated carbocycles. The molecular formula is C28H36N6O4S. The van der Waals surface area contributed by atoms with Crippen LogP contribution in [0.15, 0.2) is 24.3 Å². The fourth-order valence-corrected chi connectivity index (χ4v) is 6.75. The van der Waals surface area contributed by atoms with Crippen LogP contribution >= 0.6 is 0 Å². The van der Waals surface area contributed by atoms with Crippen LogP contribution in [0, 0.1) is 6.92 Å². The van der Waals surface area contributed by atoms with Crippen LogP contribution in [0.2, 0.25) is 0 Å². The summed E-state index contributed by atoms with van der Waals surface area (Å²) in [6, 6.07) is 7.06. The molecule has 39 heavy (non-hydrogen) atoms. The summed E-state index contributed by atoms with van der Waals surface area (Å²) in [5.74, 6) is 0.934. The Balaban J connectivity index is 1.41. The van der Waals surface area contributed by atoms with Gasteiger partial charge in [0.15, 0.2) is 5.65 Å². The second-order valence-corrected chi connectivity index (χ2v) is 12.7. The fraction of sp³-hybridized carbons (Fsp3) is 0.536.